The molecule has 1 saturated heterocycles. The smallest absolute Gasteiger partial charge is 0.261 e. The van der Waals surface area contributed by atoms with Crippen molar-refractivity contribution in [1.82, 2.24) is 25.3 Å². The van der Waals surface area contributed by atoms with Crippen molar-refractivity contribution in [2.24, 2.45) is 12.0 Å². The van der Waals surface area contributed by atoms with E-state index in [1.165, 1.54) is 11.3 Å². The number of nitrogens with one attached hydrogen (secondary N) is 2. The minimum atomic E-state index is -0.0122. The fourth-order valence-electron chi connectivity index (χ4n) is 2.97. The van der Waals surface area contributed by atoms with Crippen LogP contribution in [0.4, 0.5) is 0 Å². The van der Waals surface area contributed by atoms with E-state index in [-0.39, 0.29) is 36.0 Å². The highest BCUT2D eigenvalue weighted by atomic mass is 127. The summed E-state index contributed by atoms with van der Waals surface area (Å²) < 4.78 is 7.67. The normalized spacial score (nSPS) is 17.1. The van der Waals surface area contributed by atoms with Crippen LogP contribution in [0, 0.1) is 0 Å². The van der Waals surface area contributed by atoms with E-state index in [1.807, 2.05) is 37.0 Å². The summed E-state index contributed by atoms with van der Waals surface area (Å²) in [6, 6.07) is 3.71. The molecule has 0 saturated carbocycles. The highest BCUT2D eigenvalue weighted by Crippen LogP contribution is 2.21. The van der Waals surface area contributed by atoms with Gasteiger partial charge in [-0.15, -0.1) is 35.3 Å². The molecular weight excluding hydrogens is 491 g/mol. The standard InChI is InChI=1S/C18H26N6O2S.HI/c1-19-18(21-7-4-6-20-17(25)16-5-3-10-27-16)24-8-9-26-15(13-24)14-11-22-23(2)12-14;/h3,5,10-12,15H,4,6-9,13H2,1-2H3,(H,19,21)(H,20,25);1H. The molecule has 1 amide bonds. The summed E-state index contributed by atoms with van der Waals surface area (Å²) in [6.07, 6.45) is 4.66. The molecule has 0 aliphatic carbocycles. The van der Waals surface area contributed by atoms with Crippen LogP contribution in [0.2, 0.25) is 0 Å². The van der Waals surface area contributed by atoms with Gasteiger partial charge in [-0.25, -0.2) is 0 Å². The number of guanidine groups is 1. The molecule has 0 aromatic carbocycles. The van der Waals surface area contributed by atoms with E-state index < -0.39 is 0 Å². The van der Waals surface area contributed by atoms with Gasteiger partial charge in [0.25, 0.3) is 5.91 Å². The zero-order valence-corrected chi connectivity index (χ0v) is 19.3. The van der Waals surface area contributed by atoms with Gasteiger partial charge in [0.2, 0.25) is 0 Å². The Balaban J connectivity index is 0.00000280. The van der Waals surface area contributed by atoms with Crippen molar-refractivity contribution in [2.45, 2.75) is 12.5 Å². The lowest BCUT2D eigenvalue weighted by Gasteiger charge is -2.34. The van der Waals surface area contributed by atoms with Gasteiger partial charge in [0.15, 0.2) is 5.96 Å². The van der Waals surface area contributed by atoms with E-state index in [4.69, 9.17) is 4.74 Å². The van der Waals surface area contributed by atoms with E-state index in [1.54, 1.807) is 11.7 Å². The third kappa shape index (κ3) is 6.17. The van der Waals surface area contributed by atoms with Crippen molar-refractivity contribution < 1.29 is 9.53 Å². The minimum Gasteiger partial charge on any atom is -0.370 e. The third-order valence-electron chi connectivity index (χ3n) is 4.34. The second kappa shape index (κ2) is 11.4. The van der Waals surface area contributed by atoms with Crippen LogP contribution in [-0.2, 0) is 11.8 Å². The van der Waals surface area contributed by atoms with Crippen LogP contribution >= 0.6 is 35.3 Å². The summed E-state index contributed by atoms with van der Waals surface area (Å²) in [6.45, 7) is 3.55. The highest BCUT2D eigenvalue weighted by molar-refractivity contribution is 14.0. The fourth-order valence-corrected chi connectivity index (χ4v) is 3.61. The number of morpholine rings is 1. The van der Waals surface area contributed by atoms with Crippen LogP contribution in [0.5, 0.6) is 0 Å². The number of ether oxygens (including phenoxy) is 1. The molecule has 2 aromatic rings. The zero-order valence-electron chi connectivity index (χ0n) is 16.1. The monoisotopic (exact) mass is 518 g/mol. The van der Waals surface area contributed by atoms with E-state index in [2.05, 4.69) is 25.6 Å². The van der Waals surface area contributed by atoms with Gasteiger partial charge < -0.3 is 20.3 Å². The predicted molar refractivity (Wildman–Crippen MR) is 122 cm³/mol. The Bertz CT molecular complexity index is 764. The number of carbonyl (C=O) groups is 1. The lowest BCUT2D eigenvalue weighted by molar-refractivity contribution is -0.00801. The van der Waals surface area contributed by atoms with Crippen molar-refractivity contribution in [3.63, 3.8) is 0 Å². The van der Waals surface area contributed by atoms with Gasteiger partial charge in [-0.3, -0.25) is 14.5 Å². The van der Waals surface area contributed by atoms with Gasteiger partial charge in [0.1, 0.15) is 6.10 Å². The Labute approximate surface area is 186 Å². The molecule has 10 heteroatoms. The third-order valence-corrected chi connectivity index (χ3v) is 5.21. The lowest BCUT2D eigenvalue weighted by Crippen LogP contribution is -2.48. The molecule has 28 heavy (non-hydrogen) atoms. The van der Waals surface area contributed by atoms with Crippen LogP contribution < -0.4 is 10.6 Å². The summed E-state index contributed by atoms with van der Waals surface area (Å²) in [5, 5.41) is 12.4. The molecule has 0 bridgehead atoms. The second-order valence-corrected chi connectivity index (χ2v) is 7.26. The Morgan fingerprint density at radius 2 is 2.25 bits per heavy atom. The first-order valence-corrected chi connectivity index (χ1v) is 9.93. The molecule has 1 unspecified atom stereocenters. The molecule has 1 atom stereocenters. The zero-order chi connectivity index (χ0) is 19.1. The first-order chi connectivity index (χ1) is 13.2. The maximum Gasteiger partial charge on any atom is 0.261 e. The van der Waals surface area contributed by atoms with E-state index in [0.717, 1.165) is 42.5 Å². The first kappa shape index (κ1) is 22.6. The van der Waals surface area contributed by atoms with Crippen molar-refractivity contribution in [3.05, 3.63) is 40.3 Å². The second-order valence-electron chi connectivity index (χ2n) is 6.31. The van der Waals surface area contributed by atoms with Crippen molar-refractivity contribution in [3.8, 4) is 0 Å². The Morgan fingerprint density at radius 3 is 2.93 bits per heavy atom. The Hall–Kier alpha value is -1.66. The fraction of sp³-hybridized carbons (Fsp3) is 0.500. The van der Waals surface area contributed by atoms with Crippen molar-refractivity contribution in [1.29, 1.82) is 0 Å². The maximum absolute atomic E-state index is 11.9. The van der Waals surface area contributed by atoms with E-state index in [0.29, 0.717) is 13.2 Å². The van der Waals surface area contributed by atoms with Crippen LogP contribution in [0.3, 0.4) is 0 Å². The van der Waals surface area contributed by atoms with Gasteiger partial charge in [-0.1, -0.05) is 6.07 Å². The van der Waals surface area contributed by atoms with Gasteiger partial charge >= 0.3 is 0 Å². The summed E-state index contributed by atoms with van der Waals surface area (Å²) in [7, 11) is 3.69. The van der Waals surface area contributed by atoms with Crippen LogP contribution in [-0.4, -0.2) is 66.4 Å². The molecular formula is C18H27IN6O2S. The molecule has 1 aliphatic heterocycles. The SMILES string of the molecule is CN=C(NCCCNC(=O)c1cccs1)N1CCOC(c2cnn(C)c2)C1.I. The Morgan fingerprint density at radius 1 is 1.43 bits per heavy atom. The predicted octanol–water partition coefficient (Wildman–Crippen LogP) is 1.87. The van der Waals surface area contributed by atoms with Crippen molar-refractivity contribution in [2.75, 3.05) is 39.8 Å². The number of nitrogens with zero attached hydrogens (tertiary/aromatic N) is 4. The Kier molecular flexibility index (Phi) is 9.19. The molecule has 2 aromatic heterocycles. The largest absolute Gasteiger partial charge is 0.370 e. The molecule has 0 radical (unpaired) electrons. The number of aromatic nitrogens is 2. The molecule has 8 nitrogen and oxygen atoms in total. The van der Waals surface area contributed by atoms with Crippen LogP contribution in [0.1, 0.15) is 27.8 Å². The van der Waals surface area contributed by atoms with E-state index in [9.17, 15) is 4.79 Å². The molecule has 3 heterocycles. The molecule has 2 N–H and O–H groups in total. The number of rotatable bonds is 6. The number of aliphatic imine (C=N–C) groups is 1. The van der Waals surface area contributed by atoms with Gasteiger partial charge in [0, 0.05) is 45.5 Å². The highest BCUT2D eigenvalue weighted by Gasteiger charge is 2.24. The van der Waals surface area contributed by atoms with Gasteiger partial charge in [0.05, 0.1) is 24.2 Å². The maximum atomic E-state index is 11.9. The van der Waals surface area contributed by atoms with Gasteiger partial charge in [-0.05, 0) is 17.9 Å². The van der Waals surface area contributed by atoms with Crippen LogP contribution in [0.25, 0.3) is 0 Å². The number of hydrogen-bond donors (Lipinski definition) is 2. The molecule has 154 valence electrons. The van der Waals surface area contributed by atoms with Gasteiger partial charge in [-0.2, -0.15) is 5.10 Å². The number of carbonyl (C=O) groups excluding carboxylic acids is 1. The average molecular weight is 518 g/mol. The lowest BCUT2D eigenvalue weighted by atomic mass is 10.1. The summed E-state index contributed by atoms with van der Waals surface area (Å²) in [4.78, 5) is 19.2. The number of halogens is 1. The quantitative estimate of drug-likeness (QED) is 0.264. The minimum absolute atomic E-state index is 0. The molecule has 1 aliphatic rings. The molecule has 1 fully saturated rings. The number of thiophene rings is 1. The number of aryl methyl sites for hydroxylation is 1. The summed E-state index contributed by atoms with van der Waals surface area (Å²) in [5.41, 5.74) is 1.08. The summed E-state index contributed by atoms with van der Waals surface area (Å²) >= 11 is 1.45. The number of amides is 1. The topological polar surface area (TPSA) is 83.8 Å². The van der Waals surface area contributed by atoms with Crippen LogP contribution in [0.15, 0.2) is 34.9 Å². The van der Waals surface area contributed by atoms with Crippen molar-refractivity contribution >= 4 is 47.2 Å². The number of hydrogen-bond acceptors (Lipinski definition) is 5. The molecule has 3 rings (SSSR count). The summed E-state index contributed by atoms with van der Waals surface area (Å²) in [5.74, 6) is 0.846. The average Bonchev–Trinajstić information content (AvgIpc) is 3.36. The molecule has 0 spiro atoms. The van der Waals surface area contributed by atoms with E-state index >= 15 is 0 Å². The first-order valence-electron chi connectivity index (χ1n) is 9.05.